The lowest BCUT2D eigenvalue weighted by Gasteiger charge is -2.12. The maximum Gasteiger partial charge on any atom is 0.229 e. The first kappa shape index (κ1) is 19.5. The maximum atomic E-state index is 13.1. The number of carbonyl (C=O) groups excluding carboxylic acids is 1. The van der Waals surface area contributed by atoms with E-state index in [4.69, 9.17) is 28.9 Å². The number of rotatable bonds is 6. The fourth-order valence-corrected chi connectivity index (χ4v) is 3.56. The Morgan fingerprint density at radius 3 is 2.63 bits per heavy atom. The summed E-state index contributed by atoms with van der Waals surface area (Å²) in [5.41, 5.74) is 6.62. The first-order chi connectivity index (χ1) is 12.7. The van der Waals surface area contributed by atoms with Crippen molar-refractivity contribution in [1.82, 2.24) is 15.1 Å². The Balaban J connectivity index is 1.64. The summed E-state index contributed by atoms with van der Waals surface area (Å²) in [6, 6.07) is 7.71. The molecule has 0 unspecified atom stereocenters. The number of hydrogen-bond donors (Lipinski definition) is 2. The molecule has 0 spiro atoms. The topological polar surface area (TPSA) is 96.7 Å². The molecule has 0 radical (unpaired) electrons. The van der Waals surface area contributed by atoms with Gasteiger partial charge in [0.2, 0.25) is 5.91 Å². The van der Waals surface area contributed by atoms with Crippen molar-refractivity contribution in [2.24, 2.45) is 5.41 Å². The van der Waals surface area contributed by atoms with Gasteiger partial charge in [0.25, 0.3) is 0 Å². The smallest absolute Gasteiger partial charge is 0.229 e. The number of aryl methyl sites for hydroxylation is 1. The van der Waals surface area contributed by atoms with Crippen molar-refractivity contribution in [3.05, 3.63) is 41.3 Å². The third kappa shape index (κ3) is 3.60. The standard InChI is InChI=1S/C18H18Cl2FN5O/c1-17(10-18(17,19)20)16(27)24-8-2-3-14-13(9-22)15(23)26(25-14)12-6-4-11(21)5-7-12/h4-7H,2-3,8,10,23H2,1H3,(H,24,27)/t17-/m0/s1. The van der Waals surface area contributed by atoms with Crippen LogP contribution in [0.15, 0.2) is 24.3 Å². The molecule has 1 aromatic heterocycles. The number of nitriles is 1. The van der Waals surface area contributed by atoms with E-state index in [1.165, 1.54) is 28.9 Å². The Hall–Kier alpha value is -2.30. The van der Waals surface area contributed by atoms with Crippen LogP contribution in [0.4, 0.5) is 10.2 Å². The van der Waals surface area contributed by atoms with Crippen LogP contribution < -0.4 is 11.1 Å². The van der Waals surface area contributed by atoms with Gasteiger partial charge in [-0.1, -0.05) is 0 Å². The Morgan fingerprint density at radius 1 is 1.44 bits per heavy atom. The summed E-state index contributed by atoms with van der Waals surface area (Å²) in [5, 5.41) is 16.6. The number of hydrogen-bond acceptors (Lipinski definition) is 4. The number of nitrogens with two attached hydrogens (primary N) is 1. The van der Waals surface area contributed by atoms with Crippen LogP contribution in [-0.4, -0.2) is 26.6 Å². The Bertz CT molecular complexity index is 919. The van der Waals surface area contributed by atoms with Gasteiger partial charge in [0.1, 0.15) is 27.6 Å². The molecular formula is C18H18Cl2FN5O. The highest BCUT2D eigenvalue weighted by atomic mass is 35.5. The number of nitrogens with one attached hydrogen (secondary N) is 1. The summed E-state index contributed by atoms with van der Waals surface area (Å²) in [6.07, 6.45) is 1.44. The predicted octanol–water partition coefficient (Wildman–Crippen LogP) is 3.10. The quantitative estimate of drug-likeness (QED) is 0.565. The van der Waals surface area contributed by atoms with Gasteiger partial charge in [0, 0.05) is 6.54 Å². The van der Waals surface area contributed by atoms with Crippen molar-refractivity contribution >= 4 is 34.9 Å². The summed E-state index contributed by atoms with van der Waals surface area (Å²) in [4.78, 5) is 12.1. The SMILES string of the molecule is C[C@@]1(C(=O)NCCCc2nn(-c3ccc(F)cc3)c(N)c2C#N)CC1(Cl)Cl. The number of halogens is 3. The van der Waals surface area contributed by atoms with E-state index in [1.54, 1.807) is 6.92 Å². The molecule has 1 amide bonds. The number of aromatic nitrogens is 2. The van der Waals surface area contributed by atoms with E-state index < -0.39 is 9.75 Å². The van der Waals surface area contributed by atoms with Gasteiger partial charge in [-0.05, 0) is 50.5 Å². The molecular weight excluding hydrogens is 392 g/mol. The van der Waals surface area contributed by atoms with Gasteiger partial charge in [-0.3, -0.25) is 4.79 Å². The van der Waals surface area contributed by atoms with E-state index in [-0.39, 0.29) is 23.1 Å². The van der Waals surface area contributed by atoms with Crippen LogP contribution >= 0.6 is 23.2 Å². The van der Waals surface area contributed by atoms with Gasteiger partial charge in [0.05, 0.1) is 16.8 Å². The van der Waals surface area contributed by atoms with E-state index in [0.717, 1.165) is 0 Å². The monoisotopic (exact) mass is 409 g/mol. The fraction of sp³-hybridized carbons (Fsp3) is 0.389. The molecule has 1 aromatic carbocycles. The molecule has 3 N–H and O–H groups in total. The molecule has 1 aliphatic rings. The van der Waals surface area contributed by atoms with E-state index in [1.807, 2.05) is 0 Å². The van der Waals surface area contributed by atoms with E-state index in [0.29, 0.717) is 37.2 Å². The first-order valence-electron chi connectivity index (χ1n) is 8.39. The summed E-state index contributed by atoms with van der Waals surface area (Å²) in [7, 11) is 0. The number of amides is 1. The first-order valence-corrected chi connectivity index (χ1v) is 9.15. The minimum absolute atomic E-state index is 0.190. The van der Waals surface area contributed by atoms with Crippen molar-refractivity contribution in [3.8, 4) is 11.8 Å². The van der Waals surface area contributed by atoms with Gasteiger partial charge in [-0.2, -0.15) is 10.4 Å². The van der Waals surface area contributed by atoms with Crippen LogP contribution in [-0.2, 0) is 11.2 Å². The number of anilines is 1. The van der Waals surface area contributed by atoms with Gasteiger partial charge < -0.3 is 11.1 Å². The van der Waals surface area contributed by atoms with Crippen molar-refractivity contribution in [2.75, 3.05) is 12.3 Å². The van der Waals surface area contributed by atoms with Crippen molar-refractivity contribution in [3.63, 3.8) is 0 Å². The Morgan fingerprint density at radius 2 is 2.07 bits per heavy atom. The lowest BCUT2D eigenvalue weighted by Crippen LogP contribution is -2.34. The molecule has 2 aromatic rings. The molecule has 1 heterocycles. The highest BCUT2D eigenvalue weighted by Crippen LogP contribution is 2.63. The Kier molecular flexibility index (Phi) is 5.06. The number of nitrogens with zero attached hydrogens (tertiary/aromatic N) is 3. The number of carbonyl (C=O) groups is 1. The number of alkyl halides is 2. The third-order valence-electron chi connectivity index (χ3n) is 4.81. The van der Waals surface area contributed by atoms with E-state index in [9.17, 15) is 14.4 Å². The van der Waals surface area contributed by atoms with Gasteiger partial charge in [-0.25, -0.2) is 9.07 Å². The molecule has 1 aliphatic carbocycles. The summed E-state index contributed by atoms with van der Waals surface area (Å²) >= 11 is 12.0. The second kappa shape index (κ2) is 7.02. The van der Waals surface area contributed by atoms with Crippen LogP contribution in [0, 0.1) is 22.6 Å². The lowest BCUT2D eigenvalue weighted by molar-refractivity contribution is -0.125. The molecule has 142 valence electrons. The number of nitrogen functional groups attached to an aromatic ring is 1. The van der Waals surface area contributed by atoms with Gasteiger partial charge in [-0.15, -0.1) is 23.2 Å². The van der Waals surface area contributed by atoms with Gasteiger partial charge in [0.15, 0.2) is 0 Å². The predicted molar refractivity (Wildman–Crippen MR) is 101 cm³/mol. The molecule has 1 fully saturated rings. The third-order valence-corrected chi connectivity index (χ3v) is 5.91. The largest absolute Gasteiger partial charge is 0.382 e. The number of benzene rings is 1. The zero-order valence-corrected chi connectivity index (χ0v) is 16.1. The highest BCUT2D eigenvalue weighted by Gasteiger charge is 2.67. The van der Waals surface area contributed by atoms with Crippen LogP contribution in [0.1, 0.15) is 31.0 Å². The summed E-state index contributed by atoms with van der Waals surface area (Å²) < 4.78 is 13.5. The molecule has 0 bridgehead atoms. The highest BCUT2D eigenvalue weighted by molar-refractivity contribution is 6.53. The van der Waals surface area contributed by atoms with Crippen molar-refractivity contribution < 1.29 is 9.18 Å². The maximum absolute atomic E-state index is 13.1. The molecule has 27 heavy (non-hydrogen) atoms. The molecule has 3 rings (SSSR count). The normalized spacial score (nSPS) is 20.1. The minimum atomic E-state index is -1.01. The van der Waals surface area contributed by atoms with Crippen LogP contribution in [0.25, 0.3) is 5.69 Å². The fourth-order valence-electron chi connectivity index (χ4n) is 2.85. The van der Waals surface area contributed by atoms with Crippen molar-refractivity contribution in [1.29, 1.82) is 5.26 Å². The zero-order valence-electron chi connectivity index (χ0n) is 14.6. The molecule has 9 heteroatoms. The minimum Gasteiger partial charge on any atom is -0.382 e. The molecule has 0 saturated heterocycles. The average molecular weight is 410 g/mol. The van der Waals surface area contributed by atoms with Crippen molar-refractivity contribution in [2.45, 2.75) is 30.5 Å². The average Bonchev–Trinajstić information content (AvgIpc) is 2.99. The molecule has 1 atom stereocenters. The lowest BCUT2D eigenvalue weighted by atomic mass is 10.1. The second-order valence-electron chi connectivity index (χ2n) is 6.78. The van der Waals surface area contributed by atoms with Gasteiger partial charge >= 0.3 is 0 Å². The van der Waals surface area contributed by atoms with Crippen LogP contribution in [0.3, 0.4) is 0 Å². The van der Waals surface area contributed by atoms with E-state index >= 15 is 0 Å². The summed E-state index contributed by atoms with van der Waals surface area (Å²) in [5.74, 6) is -0.365. The molecule has 6 nitrogen and oxygen atoms in total. The van der Waals surface area contributed by atoms with E-state index in [2.05, 4.69) is 16.5 Å². The molecule has 0 aliphatic heterocycles. The Labute approximate surface area is 166 Å². The van der Waals surface area contributed by atoms with Crippen LogP contribution in [0.2, 0.25) is 0 Å². The molecule has 1 saturated carbocycles. The summed E-state index contributed by atoms with van der Waals surface area (Å²) in [6.45, 7) is 2.12. The van der Waals surface area contributed by atoms with Crippen LogP contribution in [0.5, 0.6) is 0 Å². The zero-order chi connectivity index (χ0) is 19.8. The second-order valence-corrected chi connectivity index (χ2v) is 8.26.